The first kappa shape index (κ1) is 16.6. The molecule has 1 N–H and O–H groups in total. The van der Waals surface area contributed by atoms with E-state index in [9.17, 15) is 18.0 Å². The highest BCUT2D eigenvalue weighted by atomic mass is 19.4. The first-order valence-corrected chi connectivity index (χ1v) is 7.23. The predicted octanol–water partition coefficient (Wildman–Crippen LogP) is 2.60. The van der Waals surface area contributed by atoms with E-state index in [1.54, 1.807) is 17.1 Å². The number of nitrogens with one attached hydrogen (secondary N) is 1. The van der Waals surface area contributed by atoms with Gasteiger partial charge in [-0.3, -0.25) is 9.48 Å². The highest BCUT2D eigenvalue weighted by Gasteiger charge is 2.37. The van der Waals surface area contributed by atoms with E-state index in [2.05, 4.69) is 10.4 Å². The van der Waals surface area contributed by atoms with Gasteiger partial charge in [-0.05, 0) is 33.6 Å². The zero-order valence-electron chi connectivity index (χ0n) is 12.9. The molecular weight excluding hydrogens is 297 g/mol. The topological polar surface area (TPSA) is 50.2 Å². The Kier molecular flexibility index (Phi) is 4.39. The van der Waals surface area contributed by atoms with Crippen molar-refractivity contribution in [2.75, 3.05) is 18.4 Å². The Morgan fingerprint density at radius 2 is 2.05 bits per heavy atom. The largest absolute Gasteiger partial charge is 0.406 e. The summed E-state index contributed by atoms with van der Waals surface area (Å²) >= 11 is 0. The van der Waals surface area contributed by atoms with Gasteiger partial charge >= 0.3 is 6.18 Å². The van der Waals surface area contributed by atoms with E-state index >= 15 is 0 Å². The van der Waals surface area contributed by atoms with Crippen LogP contribution >= 0.6 is 0 Å². The third kappa shape index (κ3) is 4.14. The van der Waals surface area contributed by atoms with Crippen LogP contribution in [0.5, 0.6) is 0 Å². The van der Waals surface area contributed by atoms with Gasteiger partial charge < -0.3 is 10.2 Å². The summed E-state index contributed by atoms with van der Waals surface area (Å²) in [6.07, 6.45) is 0.0483. The van der Waals surface area contributed by atoms with E-state index in [-0.39, 0.29) is 12.1 Å². The number of halogens is 3. The van der Waals surface area contributed by atoms with Gasteiger partial charge in [0.1, 0.15) is 12.6 Å². The molecule has 1 atom stereocenters. The molecule has 2 heterocycles. The van der Waals surface area contributed by atoms with Crippen molar-refractivity contribution in [3.63, 3.8) is 0 Å². The summed E-state index contributed by atoms with van der Waals surface area (Å²) in [7, 11) is 0. The quantitative estimate of drug-likeness (QED) is 0.932. The minimum Gasteiger partial charge on any atom is -0.371 e. The molecule has 1 aromatic heterocycles. The van der Waals surface area contributed by atoms with Gasteiger partial charge in [0.15, 0.2) is 0 Å². The zero-order valence-corrected chi connectivity index (χ0v) is 12.9. The lowest BCUT2D eigenvalue weighted by Crippen LogP contribution is -2.50. The summed E-state index contributed by atoms with van der Waals surface area (Å²) in [5.41, 5.74) is 0.445. The maximum Gasteiger partial charge on any atom is 0.406 e. The first-order chi connectivity index (χ1) is 10.1. The molecule has 0 saturated carbocycles. The van der Waals surface area contributed by atoms with Crippen molar-refractivity contribution in [3.8, 4) is 0 Å². The lowest BCUT2D eigenvalue weighted by Gasteiger charge is -2.33. The fraction of sp³-hybridized carbons (Fsp3) is 0.714. The average Bonchev–Trinajstić information content (AvgIpc) is 2.81. The molecule has 1 amide bonds. The Balaban J connectivity index is 2.03. The highest BCUT2D eigenvalue weighted by molar-refractivity contribution is 5.85. The maximum atomic E-state index is 12.5. The van der Waals surface area contributed by atoms with Crippen LogP contribution in [0.2, 0.25) is 0 Å². The number of aromatic nitrogens is 2. The summed E-state index contributed by atoms with van der Waals surface area (Å²) in [6, 6.07) is -0.631. The first-order valence-electron chi connectivity index (χ1n) is 7.23. The van der Waals surface area contributed by atoms with E-state index in [0.29, 0.717) is 18.5 Å². The molecule has 1 aromatic rings. The van der Waals surface area contributed by atoms with Crippen LogP contribution in [0.3, 0.4) is 0 Å². The summed E-state index contributed by atoms with van der Waals surface area (Å²) in [4.78, 5) is 13.0. The summed E-state index contributed by atoms with van der Waals surface area (Å²) in [5, 5.41) is 7.20. The van der Waals surface area contributed by atoms with Gasteiger partial charge in [0, 0.05) is 12.7 Å². The smallest absolute Gasteiger partial charge is 0.371 e. The van der Waals surface area contributed by atoms with Crippen molar-refractivity contribution in [3.05, 3.63) is 12.4 Å². The fourth-order valence-corrected chi connectivity index (χ4v) is 2.41. The molecule has 0 aromatic carbocycles. The van der Waals surface area contributed by atoms with Crippen molar-refractivity contribution in [1.82, 2.24) is 14.7 Å². The predicted molar refractivity (Wildman–Crippen MR) is 76.5 cm³/mol. The van der Waals surface area contributed by atoms with Gasteiger partial charge in [0.05, 0.1) is 17.4 Å². The maximum absolute atomic E-state index is 12.5. The number of piperidine rings is 1. The van der Waals surface area contributed by atoms with Gasteiger partial charge in [0.25, 0.3) is 0 Å². The molecule has 1 saturated heterocycles. The van der Waals surface area contributed by atoms with Crippen LogP contribution in [-0.4, -0.2) is 45.9 Å². The SMILES string of the molecule is CC(C)(C)n1cc(N[C@@H]2CCCN(CC(F)(F)F)C2=O)cn1. The number of nitrogens with zero attached hydrogens (tertiary/aromatic N) is 3. The molecule has 0 bridgehead atoms. The number of rotatable bonds is 3. The Labute approximate surface area is 127 Å². The lowest BCUT2D eigenvalue weighted by molar-refractivity contribution is -0.163. The summed E-state index contributed by atoms with van der Waals surface area (Å²) in [5.74, 6) is -0.507. The monoisotopic (exact) mass is 318 g/mol. The minimum atomic E-state index is -4.37. The zero-order chi connectivity index (χ0) is 16.5. The fourth-order valence-electron chi connectivity index (χ4n) is 2.41. The Morgan fingerprint density at radius 1 is 1.36 bits per heavy atom. The second-order valence-corrected chi connectivity index (χ2v) is 6.56. The molecule has 5 nitrogen and oxygen atoms in total. The summed E-state index contributed by atoms with van der Waals surface area (Å²) in [6.45, 7) is 4.92. The van der Waals surface area contributed by atoms with Crippen molar-refractivity contribution in [2.24, 2.45) is 0 Å². The van der Waals surface area contributed by atoms with E-state index in [1.807, 2.05) is 20.8 Å². The van der Waals surface area contributed by atoms with Gasteiger partial charge in [-0.1, -0.05) is 0 Å². The molecule has 1 fully saturated rings. The van der Waals surface area contributed by atoms with E-state index in [0.717, 1.165) is 4.90 Å². The third-order valence-electron chi connectivity index (χ3n) is 3.51. The van der Waals surface area contributed by atoms with Crippen LogP contribution in [0.15, 0.2) is 12.4 Å². The molecule has 2 rings (SSSR count). The molecule has 22 heavy (non-hydrogen) atoms. The Hall–Kier alpha value is -1.73. The number of carbonyl (C=O) groups excluding carboxylic acids is 1. The molecule has 8 heteroatoms. The van der Waals surface area contributed by atoms with Crippen molar-refractivity contribution < 1.29 is 18.0 Å². The van der Waals surface area contributed by atoms with Crippen LogP contribution in [0.1, 0.15) is 33.6 Å². The minimum absolute atomic E-state index is 0.151. The van der Waals surface area contributed by atoms with Crippen LogP contribution in [0.4, 0.5) is 18.9 Å². The van der Waals surface area contributed by atoms with Crippen LogP contribution in [-0.2, 0) is 10.3 Å². The molecule has 1 aliphatic heterocycles. The van der Waals surface area contributed by atoms with Gasteiger partial charge in [-0.2, -0.15) is 18.3 Å². The molecule has 1 aliphatic rings. The number of anilines is 1. The second kappa shape index (κ2) is 5.81. The number of hydrogen-bond donors (Lipinski definition) is 1. The molecule has 124 valence electrons. The number of amides is 1. The average molecular weight is 318 g/mol. The van der Waals surface area contributed by atoms with E-state index in [4.69, 9.17) is 0 Å². The second-order valence-electron chi connectivity index (χ2n) is 6.56. The highest BCUT2D eigenvalue weighted by Crippen LogP contribution is 2.23. The normalized spacial score (nSPS) is 20.4. The van der Waals surface area contributed by atoms with E-state index < -0.39 is 24.7 Å². The molecule has 0 radical (unpaired) electrons. The van der Waals surface area contributed by atoms with E-state index in [1.165, 1.54) is 0 Å². The standard InChI is InChI=1S/C14H21F3N4O/c1-13(2,3)21-8-10(7-18-21)19-11-5-4-6-20(12(11)22)9-14(15,16)17/h7-8,11,19H,4-6,9H2,1-3H3/t11-/m1/s1. The van der Waals surface area contributed by atoms with Crippen LogP contribution in [0, 0.1) is 0 Å². The Morgan fingerprint density at radius 3 is 2.59 bits per heavy atom. The van der Waals surface area contributed by atoms with Crippen molar-refractivity contribution in [1.29, 1.82) is 0 Å². The summed E-state index contributed by atoms with van der Waals surface area (Å²) < 4.78 is 39.2. The molecule has 0 aliphatic carbocycles. The van der Waals surface area contributed by atoms with Crippen LogP contribution < -0.4 is 5.32 Å². The third-order valence-corrected chi connectivity index (χ3v) is 3.51. The van der Waals surface area contributed by atoms with Gasteiger partial charge in [-0.25, -0.2) is 0 Å². The van der Waals surface area contributed by atoms with Gasteiger partial charge in [-0.15, -0.1) is 0 Å². The molecule has 0 spiro atoms. The number of hydrogen-bond acceptors (Lipinski definition) is 3. The van der Waals surface area contributed by atoms with Gasteiger partial charge in [0.2, 0.25) is 5.91 Å². The van der Waals surface area contributed by atoms with Crippen LogP contribution in [0.25, 0.3) is 0 Å². The van der Waals surface area contributed by atoms with Crippen molar-refractivity contribution in [2.45, 2.75) is 51.4 Å². The lowest BCUT2D eigenvalue weighted by atomic mass is 10.0. The number of likely N-dealkylation sites (tertiary alicyclic amines) is 1. The Bertz CT molecular complexity index is 533. The molecular formula is C14H21F3N4O. The number of carbonyl (C=O) groups is 1. The van der Waals surface area contributed by atoms with Crippen molar-refractivity contribution >= 4 is 11.6 Å². The number of alkyl halides is 3. The molecule has 0 unspecified atom stereocenters.